The van der Waals surface area contributed by atoms with E-state index in [9.17, 15) is 4.79 Å². The number of nitriles is 1. The van der Waals surface area contributed by atoms with Gasteiger partial charge in [-0.2, -0.15) is 9.66 Å². The Hall–Kier alpha value is -0.440. The van der Waals surface area contributed by atoms with Crippen molar-refractivity contribution < 1.29 is 4.79 Å². The molecule has 0 N–H and O–H groups in total. The van der Waals surface area contributed by atoms with Crippen LogP contribution in [0.25, 0.3) is 0 Å². The molecule has 0 radical (unpaired) electrons. The number of ketones is 1. The minimum Gasteiger partial charge on any atom is -0.294 e. The number of nitrogens with zero attached hydrogens (tertiary/aromatic N) is 2. The van der Waals surface area contributed by atoms with Crippen LogP contribution in [0.15, 0.2) is 14.9 Å². The van der Waals surface area contributed by atoms with E-state index in [4.69, 9.17) is 16.9 Å². The molecule has 1 rings (SSSR count). The largest absolute Gasteiger partial charge is 0.294 e. The first-order valence-electron chi connectivity index (χ1n) is 2.89. The Morgan fingerprint density at radius 3 is 2.75 bits per heavy atom. The predicted molar refractivity (Wildman–Crippen MR) is 51.8 cm³/mol. The van der Waals surface area contributed by atoms with E-state index in [1.807, 2.05) is 0 Å². The number of rotatable bonds is 1. The summed E-state index contributed by atoms with van der Waals surface area (Å²) in [6.07, 6.45) is 0. The lowest BCUT2D eigenvalue weighted by Gasteiger charge is -1.94. The van der Waals surface area contributed by atoms with Gasteiger partial charge in [0.25, 0.3) is 0 Å². The average molecular weight is 219 g/mol. The van der Waals surface area contributed by atoms with E-state index < -0.39 is 0 Å². The first-order chi connectivity index (χ1) is 5.66. The molecule has 0 unspecified atom stereocenters. The Bertz CT molecular complexity index is 329. The maximum absolute atomic E-state index is 10.9. The molecule has 0 amide bonds. The lowest BCUT2D eigenvalue weighted by atomic mass is 10.2. The van der Waals surface area contributed by atoms with Gasteiger partial charge in [0.15, 0.2) is 11.0 Å². The molecular formula is C6H3ClN2OS2. The van der Waals surface area contributed by atoms with Crippen molar-refractivity contribution in [2.45, 2.75) is 6.92 Å². The number of halogens is 1. The molecule has 3 nitrogen and oxygen atoms in total. The number of allylic oxidation sites excluding steroid dienone is 2. The summed E-state index contributed by atoms with van der Waals surface area (Å²) in [5, 5.41) is 8.84. The lowest BCUT2D eigenvalue weighted by Crippen LogP contribution is -1.99. The van der Waals surface area contributed by atoms with E-state index >= 15 is 0 Å². The Morgan fingerprint density at radius 2 is 2.42 bits per heavy atom. The van der Waals surface area contributed by atoms with Crippen LogP contribution in [0.1, 0.15) is 6.92 Å². The van der Waals surface area contributed by atoms with Crippen molar-refractivity contribution >= 4 is 44.3 Å². The zero-order chi connectivity index (χ0) is 9.14. The lowest BCUT2D eigenvalue weighted by molar-refractivity contribution is -0.113. The molecule has 0 aromatic rings. The number of carbonyl (C=O) groups is 1. The summed E-state index contributed by atoms with van der Waals surface area (Å²) in [5.41, 5.74) is 0.0822. The summed E-state index contributed by atoms with van der Waals surface area (Å²) in [4.78, 5) is 11.4. The molecule has 0 saturated carbocycles. The highest BCUT2D eigenvalue weighted by atomic mass is 35.5. The SMILES string of the molecule is CC(=O)/C(C#N)=C1\SSN=C1Cl. The van der Waals surface area contributed by atoms with Gasteiger partial charge in [-0.1, -0.05) is 11.6 Å². The maximum atomic E-state index is 10.9. The number of hydrogen-bond donors (Lipinski definition) is 0. The summed E-state index contributed by atoms with van der Waals surface area (Å²) < 4.78 is 3.77. The van der Waals surface area contributed by atoms with Gasteiger partial charge in [0.05, 0.1) is 15.9 Å². The van der Waals surface area contributed by atoms with Crippen molar-refractivity contribution in [2.75, 3.05) is 0 Å². The zero-order valence-electron chi connectivity index (χ0n) is 6.00. The average Bonchev–Trinajstić information content (AvgIpc) is 2.38. The van der Waals surface area contributed by atoms with Crippen molar-refractivity contribution in [2.24, 2.45) is 4.40 Å². The molecule has 0 aromatic carbocycles. The van der Waals surface area contributed by atoms with Crippen LogP contribution in [0.3, 0.4) is 0 Å². The Kier molecular flexibility index (Phi) is 3.20. The van der Waals surface area contributed by atoms with E-state index in [-0.39, 0.29) is 16.5 Å². The van der Waals surface area contributed by atoms with Gasteiger partial charge in [-0.15, -0.1) is 0 Å². The van der Waals surface area contributed by atoms with Gasteiger partial charge in [-0.05, 0) is 17.7 Å². The molecule has 12 heavy (non-hydrogen) atoms. The topological polar surface area (TPSA) is 53.2 Å². The Balaban J connectivity index is 3.12. The highest BCUT2D eigenvalue weighted by Gasteiger charge is 2.20. The molecule has 0 bridgehead atoms. The molecule has 62 valence electrons. The van der Waals surface area contributed by atoms with Crippen LogP contribution in [-0.2, 0) is 4.79 Å². The molecule has 6 heteroatoms. The standard InChI is InChI=1S/C6H3ClN2OS2/c1-3(10)4(2-8)5-6(7)9-12-11-5/h1H3/b5-4-. The summed E-state index contributed by atoms with van der Waals surface area (Å²) in [6, 6.07) is 1.80. The monoisotopic (exact) mass is 218 g/mol. The fourth-order valence-corrected chi connectivity index (χ4v) is 2.93. The van der Waals surface area contributed by atoms with Crippen LogP contribution in [0.5, 0.6) is 0 Å². The third-order valence-corrected chi connectivity index (χ3v) is 3.45. The molecule has 0 saturated heterocycles. The zero-order valence-corrected chi connectivity index (χ0v) is 8.39. The van der Waals surface area contributed by atoms with Gasteiger partial charge < -0.3 is 0 Å². The van der Waals surface area contributed by atoms with E-state index in [2.05, 4.69) is 4.40 Å². The van der Waals surface area contributed by atoms with Gasteiger partial charge in [-0.25, -0.2) is 0 Å². The van der Waals surface area contributed by atoms with Gasteiger partial charge in [0.1, 0.15) is 11.6 Å². The minimum atomic E-state index is -0.282. The number of Topliss-reactive ketones (excluding diaryl/α,β-unsaturated/α-hetero) is 1. The van der Waals surface area contributed by atoms with Crippen LogP contribution >= 0.6 is 33.4 Å². The van der Waals surface area contributed by atoms with Crippen molar-refractivity contribution in [1.82, 2.24) is 0 Å². The van der Waals surface area contributed by atoms with E-state index in [1.54, 1.807) is 6.07 Å². The fourth-order valence-electron chi connectivity index (χ4n) is 0.599. The third kappa shape index (κ3) is 1.83. The van der Waals surface area contributed by atoms with Gasteiger partial charge in [0, 0.05) is 0 Å². The fraction of sp³-hybridized carbons (Fsp3) is 0.167. The molecule has 0 aromatic heterocycles. The van der Waals surface area contributed by atoms with Crippen LogP contribution in [-0.4, -0.2) is 11.0 Å². The van der Waals surface area contributed by atoms with Gasteiger partial charge in [-0.3, -0.25) is 4.79 Å². The van der Waals surface area contributed by atoms with Gasteiger partial charge >= 0.3 is 0 Å². The molecule has 1 aliphatic rings. The van der Waals surface area contributed by atoms with E-state index in [0.29, 0.717) is 4.91 Å². The van der Waals surface area contributed by atoms with Crippen molar-refractivity contribution in [3.63, 3.8) is 0 Å². The summed E-state index contributed by atoms with van der Waals surface area (Å²) >= 11 is 5.64. The molecule has 0 aliphatic carbocycles. The van der Waals surface area contributed by atoms with Crippen molar-refractivity contribution in [3.8, 4) is 6.07 Å². The molecule has 1 aliphatic heterocycles. The van der Waals surface area contributed by atoms with Crippen LogP contribution < -0.4 is 0 Å². The van der Waals surface area contributed by atoms with Gasteiger partial charge in [0.2, 0.25) is 0 Å². The van der Waals surface area contributed by atoms with Crippen LogP contribution in [0, 0.1) is 11.3 Å². The Morgan fingerprint density at radius 1 is 1.75 bits per heavy atom. The second kappa shape index (κ2) is 3.99. The maximum Gasteiger partial charge on any atom is 0.171 e. The highest BCUT2D eigenvalue weighted by molar-refractivity contribution is 8.78. The molecule has 1 heterocycles. The quantitative estimate of drug-likeness (QED) is 0.293. The minimum absolute atomic E-state index is 0.0822. The first-order valence-corrected chi connectivity index (χ1v) is 5.38. The summed E-state index contributed by atoms with van der Waals surface area (Å²) in [6.45, 7) is 1.33. The van der Waals surface area contributed by atoms with E-state index in [0.717, 1.165) is 11.0 Å². The second-order valence-electron chi connectivity index (χ2n) is 1.91. The predicted octanol–water partition coefficient (Wildman–Crippen LogP) is 2.30. The smallest absolute Gasteiger partial charge is 0.171 e. The first kappa shape index (κ1) is 9.65. The van der Waals surface area contributed by atoms with E-state index in [1.165, 1.54) is 17.7 Å². The summed E-state index contributed by atoms with van der Waals surface area (Å²) in [7, 11) is 2.39. The number of carbonyl (C=O) groups excluding carboxylic acids is 1. The van der Waals surface area contributed by atoms with Crippen LogP contribution in [0.4, 0.5) is 0 Å². The molecule has 0 spiro atoms. The normalized spacial score (nSPS) is 19.9. The highest BCUT2D eigenvalue weighted by Crippen LogP contribution is 2.42. The molecule has 0 atom stereocenters. The van der Waals surface area contributed by atoms with Crippen molar-refractivity contribution in [1.29, 1.82) is 5.26 Å². The summed E-state index contributed by atoms with van der Waals surface area (Å²) in [5.74, 6) is -0.282. The van der Waals surface area contributed by atoms with Crippen molar-refractivity contribution in [3.05, 3.63) is 10.5 Å². The molecular weight excluding hydrogens is 216 g/mol. The Labute approximate surface area is 82.4 Å². The molecule has 0 fully saturated rings. The van der Waals surface area contributed by atoms with Crippen LogP contribution in [0.2, 0.25) is 0 Å². The number of hydrogen-bond acceptors (Lipinski definition) is 5. The second-order valence-corrected chi connectivity index (χ2v) is 4.12. The third-order valence-electron chi connectivity index (χ3n) is 1.12.